The number of rotatable bonds is 8. The maximum atomic E-state index is 6.92. The predicted octanol–water partition coefficient (Wildman–Crippen LogP) is 22.6. The Kier molecular flexibility index (Phi) is 12.9. The number of hydrogen-bond donors (Lipinski definition) is 0. The van der Waals surface area contributed by atoms with Gasteiger partial charge < -0.3 is 32.3 Å². The van der Waals surface area contributed by atoms with Crippen LogP contribution in [0.2, 0.25) is 0 Å². The summed E-state index contributed by atoms with van der Waals surface area (Å²) < 4.78 is 43.3. The molecule has 518 valence electrons. The van der Waals surface area contributed by atoms with Gasteiger partial charge in [-0.15, -0.1) is 0 Å². The van der Waals surface area contributed by atoms with Crippen LogP contribution in [0.1, 0.15) is 22.6 Å². The lowest BCUT2D eigenvalue weighted by atomic mass is 9.35. The molecular weight excluding hydrogens is 1370 g/mol. The van der Waals surface area contributed by atoms with E-state index in [4.69, 9.17) is 32.8 Å². The Hall–Kier alpha value is -14.6. The topological polar surface area (TPSA) is 81.0 Å². The third-order valence-corrected chi connectivity index (χ3v) is 24.1. The van der Waals surface area contributed by atoms with Crippen LogP contribution in [0.25, 0.3) is 150 Å². The second-order valence-electron chi connectivity index (χ2n) is 30.2. The van der Waals surface area contributed by atoms with Crippen molar-refractivity contribution in [2.24, 2.45) is 0 Å². The SMILES string of the molecule is c1cc(-c2cc3c4c(c2)Oc2ccccc2B4c2ccccc2O3)cc(-c2cc(-c3ccc(-n4c5ccccc5c5cc6c(cc54)oc4ccccc46)cc3)c(-c3cccc(-c4cc5c6c(c4)Oc4ccccc4B6c4ccccc4O5)c3)nc2-c2ccc(C3c4ccccc4-c4cc5c(cc43)oc3ccccc35)cc2)c1. The number of para-hydroxylation sites is 7. The first-order valence-electron chi connectivity index (χ1n) is 38.3. The van der Waals surface area contributed by atoms with Gasteiger partial charge in [0.15, 0.2) is 0 Å². The van der Waals surface area contributed by atoms with Gasteiger partial charge in [-0.25, -0.2) is 4.98 Å². The van der Waals surface area contributed by atoms with Gasteiger partial charge in [-0.3, -0.25) is 0 Å². The molecule has 0 spiro atoms. The van der Waals surface area contributed by atoms with Crippen molar-refractivity contribution in [2.45, 2.75) is 5.92 Å². The largest absolute Gasteiger partial charge is 0.458 e. The second-order valence-corrected chi connectivity index (χ2v) is 30.2. The maximum Gasteiger partial charge on any atom is 0.260 e. The van der Waals surface area contributed by atoms with E-state index in [1.165, 1.54) is 33.2 Å². The quantitative estimate of drug-likeness (QED) is 0.140. The highest BCUT2D eigenvalue weighted by molar-refractivity contribution is 6.99. The molecule has 0 amide bonds. The lowest BCUT2D eigenvalue weighted by Gasteiger charge is -2.33. The predicted molar refractivity (Wildman–Crippen MR) is 454 cm³/mol. The van der Waals surface area contributed by atoms with E-state index in [0.29, 0.717) is 0 Å². The molecule has 20 aromatic rings. The van der Waals surface area contributed by atoms with E-state index in [0.717, 1.165) is 212 Å². The molecule has 8 nitrogen and oxygen atoms in total. The summed E-state index contributed by atoms with van der Waals surface area (Å²) in [5.41, 5.74) is 30.7. The van der Waals surface area contributed by atoms with Crippen molar-refractivity contribution < 1.29 is 27.8 Å². The van der Waals surface area contributed by atoms with E-state index < -0.39 is 0 Å². The van der Waals surface area contributed by atoms with Crippen molar-refractivity contribution >= 4 is 112 Å². The van der Waals surface area contributed by atoms with Crippen molar-refractivity contribution in [2.75, 3.05) is 0 Å². The monoisotopic (exact) mass is 1430 g/mol. The molecule has 1 unspecified atom stereocenters. The Morgan fingerprint density at radius 3 is 1.31 bits per heavy atom. The summed E-state index contributed by atoms with van der Waals surface area (Å²) in [7, 11) is 0. The molecule has 0 fully saturated rings. The zero-order valence-corrected chi connectivity index (χ0v) is 60.0. The van der Waals surface area contributed by atoms with E-state index >= 15 is 0 Å². The number of ether oxygens (including phenoxy) is 4. The zero-order chi connectivity index (χ0) is 73.0. The van der Waals surface area contributed by atoms with Crippen LogP contribution in [0.15, 0.2) is 355 Å². The highest BCUT2D eigenvalue weighted by Gasteiger charge is 2.43. The zero-order valence-electron chi connectivity index (χ0n) is 60.0. The van der Waals surface area contributed by atoms with Gasteiger partial charge in [-0.1, -0.05) is 224 Å². The van der Waals surface area contributed by atoms with Crippen LogP contribution in [0.4, 0.5) is 0 Å². The lowest BCUT2D eigenvalue weighted by molar-refractivity contribution is 0.464. The second kappa shape index (κ2) is 23.5. The van der Waals surface area contributed by atoms with Crippen LogP contribution in [-0.4, -0.2) is 23.0 Å². The Morgan fingerprint density at radius 1 is 0.250 bits per heavy atom. The number of benzene rings is 16. The Morgan fingerprint density at radius 2 is 0.714 bits per heavy atom. The van der Waals surface area contributed by atoms with Crippen LogP contribution in [0.5, 0.6) is 46.0 Å². The molecule has 0 saturated heterocycles. The van der Waals surface area contributed by atoms with Crippen LogP contribution >= 0.6 is 0 Å². The summed E-state index contributed by atoms with van der Waals surface area (Å²) in [4.78, 5) is 6.16. The van der Waals surface area contributed by atoms with Crippen LogP contribution < -0.4 is 51.7 Å². The van der Waals surface area contributed by atoms with Crippen molar-refractivity contribution in [3.8, 4) is 130 Å². The van der Waals surface area contributed by atoms with Crippen LogP contribution in [0, 0.1) is 0 Å². The van der Waals surface area contributed by atoms with Crippen molar-refractivity contribution in [3.05, 3.63) is 362 Å². The molecule has 25 rings (SSSR count). The highest BCUT2D eigenvalue weighted by atomic mass is 16.5. The molecule has 5 aliphatic rings. The molecule has 0 saturated carbocycles. The number of furan rings is 2. The van der Waals surface area contributed by atoms with Gasteiger partial charge in [0.2, 0.25) is 0 Å². The molecule has 16 aromatic carbocycles. The minimum Gasteiger partial charge on any atom is -0.458 e. The molecule has 10 heteroatoms. The average molecular weight is 1430 g/mol. The van der Waals surface area contributed by atoms with Gasteiger partial charge in [0.1, 0.15) is 68.3 Å². The van der Waals surface area contributed by atoms with Gasteiger partial charge in [0, 0.05) is 83.2 Å². The molecular formula is C102H58B2N2O6. The summed E-state index contributed by atoms with van der Waals surface area (Å²) in [6.07, 6.45) is 0. The highest BCUT2D eigenvalue weighted by Crippen LogP contribution is 2.52. The van der Waals surface area contributed by atoms with Gasteiger partial charge in [-0.2, -0.15) is 0 Å². The molecule has 112 heavy (non-hydrogen) atoms. The summed E-state index contributed by atoms with van der Waals surface area (Å²) in [5.74, 6) is 6.44. The first kappa shape index (κ1) is 61.4. The first-order chi connectivity index (χ1) is 55.5. The van der Waals surface area contributed by atoms with Gasteiger partial charge in [-0.05, 0) is 198 Å². The summed E-state index contributed by atoms with van der Waals surface area (Å²) in [6.45, 7) is -0.102. The number of hydrogen-bond acceptors (Lipinski definition) is 7. The fourth-order valence-corrected chi connectivity index (χ4v) is 19.1. The Balaban J connectivity index is 0.692. The van der Waals surface area contributed by atoms with E-state index in [2.05, 4.69) is 308 Å². The molecule has 1 atom stereocenters. The van der Waals surface area contributed by atoms with Crippen molar-refractivity contribution in [1.82, 2.24) is 9.55 Å². The minimum absolute atomic E-state index is 0.0456. The third kappa shape index (κ3) is 9.11. The van der Waals surface area contributed by atoms with Crippen molar-refractivity contribution in [1.29, 1.82) is 0 Å². The molecule has 8 heterocycles. The smallest absolute Gasteiger partial charge is 0.260 e. The fraction of sp³-hybridized carbons (Fsp3) is 0.00980. The first-order valence-corrected chi connectivity index (χ1v) is 38.3. The molecule has 0 N–H and O–H groups in total. The van der Waals surface area contributed by atoms with Crippen LogP contribution in [-0.2, 0) is 0 Å². The molecule has 0 bridgehead atoms. The summed E-state index contributed by atoms with van der Waals surface area (Å²) in [6, 6.07) is 124. The Labute approximate surface area is 643 Å². The molecule has 1 aliphatic carbocycles. The molecule has 0 radical (unpaired) electrons. The number of pyridine rings is 1. The lowest BCUT2D eigenvalue weighted by Crippen LogP contribution is -2.57. The van der Waals surface area contributed by atoms with Gasteiger partial charge in [0.05, 0.1) is 22.4 Å². The van der Waals surface area contributed by atoms with E-state index in [1.54, 1.807) is 0 Å². The maximum absolute atomic E-state index is 6.92. The number of nitrogens with zero attached hydrogens (tertiary/aromatic N) is 2. The number of fused-ring (bicyclic) bond motifs is 20. The van der Waals surface area contributed by atoms with Gasteiger partial charge in [0.25, 0.3) is 13.4 Å². The van der Waals surface area contributed by atoms with E-state index in [9.17, 15) is 0 Å². The summed E-state index contributed by atoms with van der Waals surface area (Å²) >= 11 is 0. The van der Waals surface area contributed by atoms with Crippen molar-refractivity contribution in [3.63, 3.8) is 0 Å². The molecule has 4 aromatic heterocycles. The van der Waals surface area contributed by atoms with Gasteiger partial charge >= 0.3 is 0 Å². The normalized spacial score (nSPS) is 13.7. The van der Waals surface area contributed by atoms with Crippen LogP contribution in [0.3, 0.4) is 0 Å². The fourth-order valence-electron chi connectivity index (χ4n) is 19.1. The van der Waals surface area contributed by atoms with E-state index in [-0.39, 0.29) is 19.3 Å². The molecule has 4 aliphatic heterocycles. The number of aromatic nitrogens is 2. The van der Waals surface area contributed by atoms with E-state index in [1.807, 2.05) is 42.5 Å². The Bertz CT molecular complexity index is 7350. The standard InChI is InChI=1S/C102H58B2N2O6/c1-2-27-72-68(23-1)75-54-77-70-25-4-11-33-86(70)107-92(77)56-79(75)98(72)59-39-41-60(42-40-59)101-74(63-21-17-19-61(47-63)65-49-94-99-95(50-65)110-89-36-14-7-29-81(89)103(99)80-28-6-13-35-88(80)109-94)53-73(58-43-45-67(46-44-58)106-84-32-10-3-24-69(84)76-55-78-71-26-5-12-34-87(71)108-93(78)57-85(76)106)102(105-101)64-22-18-20-62(48-64)66-51-96-100-97(52-66)112-91-38-16-9-31-83(91)104(100)82-30-8-15-37-90(82)111-96/h1-57,98H. The average Bonchev–Trinajstić information content (AvgIpc) is 0.996. The minimum atomic E-state index is -0.0521. The summed E-state index contributed by atoms with van der Waals surface area (Å²) in [5, 5.41) is 6.77. The third-order valence-electron chi connectivity index (χ3n) is 24.1.